The van der Waals surface area contributed by atoms with Crippen LogP contribution in [0.15, 0.2) is 41.9 Å². The number of benzene rings is 1. The lowest BCUT2D eigenvalue weighted by Gasteiger charge is -2.12. The Morgan fingerprint density at radius 1 is 1.11 bits per heavy atom. The molecule has 2 N–H and O–H groups in total. The zero-order valence-electron chi connectivity index (χ0n) is 9.47. The number of amides is 2. The monoisotopic (exact) mass is 245 g/mol. The van der Waals surface area contributed by atoms with Gasteiger partial charge in [0.05, 0.1) is 11.4 Å². The molecule has 0 spiro atoms. The highest BCUT2D eigenvalue weighted by molar-refractivity contribution is 5.90. The summed E-state index contributed by atoms with van der Waals surface area (Å²) < 4.78 is 5.10. The Labute approximate surface area is 103 Å². The molecule has 2 heterocycles. The SMILES string of the molecule is O=C1CC/C(=C2/NN(c3ccccc3)C(=O)O2)N1. The Kier molecular flexibility index (Phi) is 2.40. The molecule has 18 heavy (non-hydrogen) atoms. The summed E-state index contributed by atoms with van der Waals surface area (Å²) in [7, 11) is 0. The molecule has 2 fully saturated rings. The standard InChI is InChI=1S/C12H11N3O3/c16-10-7-6-9(13-10)11-14-15(12(17)18-11)8-4-2-1-3-5-8/h1-5,14H,6-7H2,(H,13,16)/b11-9+. The Balaban J connectivity index is 1.85. The van der Waals surface area contributed by atoms with E-state index in [-0.39, 0.29) is 5.91 Å². The van der Waals surface area contributed by atoms with Crippen molar-refractivity contribution in [1.29, 1.82) is 0 Å². The van der Waals surface area contributed by atoms with Crippen molar-refractivity contribution in [3.8, 4) is 0 Å². The molecule has 0 aromatic heterocycles. The molecule has 1 aromatic rings. The number of hydrazine groups is 1. The smallest absolute Gasteiger partial charge is 0.388 e. The zero-order valence-corrected chi connectivity index (χ0v) is 9.47. The van der Waals surface area contributed by atoms with Gasteiger partial charge >= 0.3 is 6.09 Å². The zero-order chi connectivity index (χ0) is 12.5. The maximum absolute atomic E-state index is 11.7. The maximum Gasteiger partial charge on any atom is 0.440 e. The first-order chi connectivity index (χ1) is 8.74. The van der Waals surface area contributed by atoms with E-state index in [4.69, 9.17) is 4.74 Å². The second-order valence-electron chi connectivity index (χ2n) is 4.01. The van der Waals surface area contributed by atoms with Gasteiger partial charge in [0.2, 0.25) is 11.8 Å². The number of anilines is 1. The quantitative estimate of drug-likeness (QED) is 0.780. The van der Waals surface area contributed by atoms with Gasteiger partial charge in [-0.3, -0.25) is 10.2 Å². The molecule has 0 atom stereocenters. The molecule has 1 aromatic carbocycles. The van der Waals surface area contributed by atoms with Gasteiger partial charge in [-0.2, -0.15) is 5.01 Å². The number of cyclic esters (lactones) is 1. The van der Waals surface area contributed by atoms with E-state index in [1.54, 1.807) is 12.1 Å². The van der Waals surface area contributed by atoms with E-state index in [0.717, 1.165) is 0 Å². The first-order valence-electron chi connectivity index (χ1n) is 5.61. The van der Waals surface area contributed by atoms with Gasteiger partial charge in [-0.1, -0.05) is 18.2 Å². The normalized spacial score (nSPS) is 22.8. The van der Waals surface area contributed by atoms with Gasteiger partial charge in [0, 0.05) is 12.8 Å². The molecule has 2 saturated heterocycles. The summed E-state index contributed by atoms with van der Waals surface area (Å²) in [4.78, 5) is 22.8. The molecule has 2 amide bonds. The second kappa shape index (κ2) is 4.06. The third kappa shape index (κ3) is 1.77. The first-order valence-corrected chi connectivity index (χ1v) is 5.61. The number of allylic oxidation sites excluding steroid dienone is 1. The molecule has 2 aliphatic rings. The van der Waals surface area contributed by atoms with Crippen molar-refractivity contribution in [1.82, 2.24) is 10.7 Å². The Morgan fingerprint density at radius 3 is 2.56 bits per heavy atom. The van der Waals surface area contributed by atoms with Crippen molar-refractivity contribution in [2.45, 2.75) is 12.8 Å². The van der Waals surface area contributed by atoms with Crippen molar-refractivity contribution in [3.63, 3.8) is 0 Å². The fraction of sp³-hybridized carbons (Fsp3) is 0.167. The topological polar surface area (TPSA) is 70.7 Å². The molecule has 2 aliphatic heterocycles. The lowest BCUT2D eigenvalue weighted by molar-refractivity contribution is -0.118. The highest BCUT2D eigenvalue weighted by atomic mass is 16.6. The van der Waals surface area contributed by atoms with Crippen LogP contribution < -0.4 is 15.8 Å². The average molecular weight is 245 g/mol. The molecule has 0 saturated carbocycles. The van der Waals surface area contributed by atoms with Crippen molar-refractivity contribution < 1.29 is 14.3 Å². The molecule has 0 aliphatic carbocycles. The van der Waals surface area contributed by atoms with Gasteiger partial charge in [0.1, 0.15) is 0 Å². The van der Waals surface area contributed by atoms with Crippen molar-refractivity contribution >= 4 is 17.7 Å². The number of nitrogens with zero attached hydrogens (tertiary/aromatic N) is 1. The number of carbonyl (C=O) groups excluding carboxylic acids is 2. The largest absolute Gasteiger partial charge is 0.440 e. The van der Waals surface area contributed by atoms with Crippen LogP contribution in [0.1, 0.15) is 12.8 Å². The number of hydrogen-bond donors (Lipinski definition) is 2. The lowest BCUT2D eigenvalue weighted by atomic mass is 10.3. The highest BCUT2D eigenvalue weighted by Gasteiger charge is 2.32. The summed E-state index contributed by atoms with van der Waals surface area (Å²) in [5.74, 6) is 0.239. The van der Waals surface area contributed by atoms with Gasteiger partial charge in [-0.05, 0) is 12.1 Å². The third-order valence-corrected chi connectivity index (χ3v) is 2.77. The Bertz CT molecular complexity index is 539. The lowest BCUT2D eigenvalue weighted by Crippen LogP contribution is -2.33. The maximum atomic E-state index is 11.7. The number of para-hydroxylation sites is 1. The number of nitrogens with one attached hydrogen (secondary N) is 2. The molecule has 6 heteroatoms. The predicted molar refractivity (Wildman–Crippen MR) is 62.9 cm³/mol. The molecule has 0 bridgehead atoms. The van der Waals surface area contributed by atoms with E-state index in [9.17, 15) is 9.59 Å². The minimum atomic E-state index is -0.509. The van der Waals surface area contributed by atoms with Crippen LogP contribution in [0.25, 0.3) is 0 Å². The van der Waals surface area contributed by atoms with E-state index >= 15 is 0 Å². The van der Waals surface area contributed by atoms with Crippen LogP contribution in [0.4, 0.5) is 10.5 Å². The summed E-state index contributed by atoms with van der Waals surface area (Å²) in [6.07, 6.45) is 0.463. The van der Waals surface area contributed by atoms with Crippen molar-refractivity contribution in [3.05, 3.63) is 41.9 Å². The van der Waals surface area contributed by atoms with Crippen LogP contribution in [-0.4, -0.2) is 12.0 Å². The second-order valence-corrected chi connectivity index (χ2v) is 4.01. The van der Waals surface area contributed by atoms with E-state index in [1.165, 1.54) is 5.01 Å². The fourth-order valence-corrected chi connectivity index (χ4v) is 1.88. The molecular weight excluding hydrogens is 234 g/mol. The van der Waals surface area contributed by atoms with Gasteiger partial charge in [0.25, 0.3) is 0 Å². The van der Waals surface area contributed by atoms with Crippen LogP contribution in [0.5, 0.6) is 0 Å². The number of rotatable bonds is 1. The van der Waals surface area contributed by atoms with Gasteiger partial charge in [-0.25, -0.2) is 4.79 Å². The average Bonchev–Trinajstić information content (AvgIpc) is 2.97. The molecule has 0 unspecified atom stereocenters. The van der Waals surface area contributed by atoms with Crippen LogP contribution in [0.3, 0.4) is 0 Å². The molecule has 92 valence electrons. The number of ether oxygens (including phenoxy) is 1. The fourth-order valence-electron chi connectivity index (χ4n) is 1.88. The summed E-state index contributed by atoms with van der Waals surface area (Å²) in [5.41, 5.74) is 4.15. The van der Waals surface area contributed by atoms with Gasteiger partial charge in [-0.15, -0.1) is 0 Å². The van der Waals surface area contributed by atoms with Crippen LogP contribution in [0.2, 0.25) is 0 Å². The highest BCUT2D eigenvalue weighted by Crippen LogP contribution is 2.23. The van der Waals surface area contributed by atoms with Crippen molar-refractivity contribution in [2.24, 2.45) is 0 Å². The minimum Gasteiger partial charge on any atom is -0.388 e. The van der Waals surface area contributed by atoms with Crippen molar-refractivity contribution in [2.75, 3.05) is 5.01 Å². The first kappa shape index (κ1) is 10.6. The number of carbonyl (C=O) groups is 2. The summed E-state index contributed by atoms with van der Waals surface area (Å²) in [5, 5.41) is 3.96. The number of hydrogen-bond acceptors (Lipinski definition) is 4. The summed E-state index contributed by atoms with van der Waals surface area (Å²) in [6.45, 7) is 0. The predicted octanol–water partition coefficient (Wildman–Crippen LogP) is 1.23. The third-order valence-electron chi connectivity index (χ3n) is 2.77. The van der Waals surface area contributed by atoms with Gasteiger partial charge in [0.15, 0.2) is 0 Å². The van der Waals surface area contributed by atoms with Crippen LogP contribution in [0, 0.1) is 0 Å². The molecular formula is C12H11N3O3. The van der Waals surface area contributed by atoms with E-state index in [2.05, 4.69) is 10.7 Å². The van der Waals surface area contributed by atoms with Crippen LogP contribution >= 0.6 is 0 Å². The summed E-state index contributed by atoms with van der Waals surface area (Å²) in [6, 6.07) is 9.09. The summed E-state index contributed by atoms with van der Waals surface area (Å²) >= 11 is 0. The van der Waals surface area contributed by atoms with E-state index < -0.39 is 6.09 Å². The Morgan fingerprint density at radius 2 is 1.89 bits per heavy atom. The molecule has 3 rings (SSSR count). The molecule has 0 radical (unpaired) electrons. The van der Waals surface area contributed by atoms with E-state index in [0.29, 0.717) is 30.1 Å². The van der Waals surface area contributed by atoms with Crippen LogP contribution in [-0.2, 0) is 9.53 Å². The molecule has 6 nitrogen and oxygen atoms in total. The minimum absolute atomic E-state index is 0.0616. The van der Waals surface area contributed by atoms with Gasteiger partial charge < -0.3 is 10.1 Å². The van der Waals surface area contributed by atoms with E-state index in [1.807, 2.05) is 18.2 Å². The Hall–Kier alpha value is -2.50.